The van der Waals surface area contributed by atoms with Crippen molar-refractivity contribution in [2.75, 3.05) is 43.5 Å². The zero-order valence-electron chi connectivity index (χ0n) is 11.9. The first-order chi connectivity index (χ1) is 10.3. The zero-order valence-corrected chi connectivity index (χ0v) is 13.4. The van der Waals surface area contributed by atoms with Crippen molar-refractivity contribution in [2.45, 2.75) is 6.42 Å². The minimum absolute atomic E-state index is 0.705. The summed E-state index contributed by atoms with van der Waals surface area (Å²) in [6, 6.07) is 8.04. The smallest absolute Gasteiger partial charge is 0.0737 e. The first-order valence-corrected chi connectivity index (χ1v) is 8.27. The molecule has 21 heavy (non-hydrogen) atoms. The monoisotopic (exact) mass is 323 g/mol. The third-order valence-electron chi connectivity index (χ3n) is 4.01. The van der Waals surface area contributed by atoms with Crippen LogP contribution in [0.25, 0.3) is 10.9 Å². The molecule has 2 heterocycles. The molecule has 0 unspecified atom stereocenters. The normalized spacial score (nSPS) is 17.1. The van der Waals surface area contributed by atoms with E-state index in [1.807, 2.05) is 18.3 Å². The predicted octanol–water partition coefficient (Wildman–Crippen LogP) is 3.64. The fourth-order valence-corrected chi connectivity index (χ4v) is 3.34. The summed E-state index contributed by atoms with van der Waals surface area (Å²) < 4.78 is 0. The SMILES string of the molecule is ClCCN1CCCN(c2ccnc3cc(Cl)ccc23)CC1. The Morgan fingerprint density at radius 1 is 1.10 bits per heavy atom. The summed E-state index contributed by atoms with van der Waals surface area (Å²) in [6.45, 7) is 5.25. The lowest BCUT2D eigenvalue weighted by atomic mass is 10.1. The van der Waals surface area contributed by atoms with Gasteiger partial charge in [-0.25, -0.2) is 0 Å². The van der Waals surface area contributed by atoms with Crippen LogP contribution in [0.15, 0.2) is 30.5 Å². The molecule has 1 fully saturated rings. The molecule has 0 atom stereocenters. The predicted molar refractivity (Wildman–Crippen MR) is 90.7 cm³/mol. The van der Waals surface area contributed by atoms with Crippen LogP contribution in [0.2, 0.25) is 5.02 Å². The summed E-state index contributed by atoms with van der Waals surface area (Å²) in [5.41, 5.74) is 2.21. The number of alkyl halides is 1. The van der Waals surface area contributed by atoms with Gasteiger partial charge in [-0.2, -0.15) is 0 Å². The molecular weight excluding hydrogens is 305 g/mol. The van der Waals surface area contributed by atoms with Crippen LogP contribution < -0.4 is 4.90 Å². The average Bonchev–Trinajstić information content (AvgIpc) is 2.72. The second kappa shape index (κ2) is 6.82. The van der Waals surface area contributed by atoms with Crippen molar-refractivity contribution in [1.82, 2.24) is 9.88 Å². The first-order valence-electron chi connectivity index (χ1n) is 7.35. The highest BCUT2D eigenvalue weighted by Crippen LogP contribution is 2.28. The third kappa shape index (κ3) is 3.42. The van der Waals surface area contributed by atoms with Gasteiger partial charge in [0.1, 0.15) is 0 Å². The van der Waals surface area contributed by atoms with Crippen molar-refractivity contribution >= 4 is 39.8 Å². The molecule has 2 aromatic rings. The van der Waals surface area contributed by atoms with Gasteiger partial charge in [-0.3, -0.25) is 4.98 Å². The molecule has 0 N–H and O–H groups in total. The van der Waals surface area contributed by atoms with E-state index in [1.54, 1.807) is 0 Å². The minimum Gasteiger partial charge on any atom is -0.370 e. The summed E-state index contributed by atoms with van der Waals surface area (Å²) in [6.07, 6.45) is 3.03. The molecule has 1 aromatic carbocycles. The van der Waals surface area contributed by atoms with Gasteiger partial charge in [-0.1, -0.05) is 11.6 Å². The molecule has 5 heteroatoms. The molecule has 1 aromatic heterocycles. The van der Waals surface area contributed by atoms with Gasteiger partial charge in [0, 0.05) is 54.4 Å². The number of anilines is 1. The van der Waals surface area contributed by atoms with Crippen LogP contribution in [0.1, 0.15) is 6.42 Å². The van der Waals surface area contributed by atoms with E-state index in [1.165, 1.54) is 11.1 Å². The van der Waals surface area contributed by atoms with Crippen LogP contribution >= 0.6 is 23.2 Å². The number of rotatable bonds is 3. The second-order valence-electron chi connectivity index (χ2n) is 5.36. The summed E-state index contributed by atoms with van der Waals surface area (Å²) in [5.74, 6) is 0.705. The lowest BCUT2D eigenvalue weighted by molar-refractivity contribution is 0.311. The maximum absolute atomic E-state index is 6.06. The quantitative estimate of drug-likeness (QED) is 0.804. The Kier molecular flexibility index (Phi) is 4.84. The number of benzene rings is 1. The lowest BCUT2D eigenvalue weighted by Gasteiger charge is -2.24. The summed E-state index contributed by atoms with van der Waals surface area (Å²) in [4.78, 5) is 9.31. The van der Waals surface area contributed by atoms with E-state index in [0.717, 1.165) is 49.7 Å². The Hall–Kier alpha value is -1.03. The Labute approximate surface area is 135 Å². The Bertz CT molecular complexity index is 617. The maximum Gasteiger partial charge on any atom is 0.0737 e. The maximum atomic E-state index is 6.06. The van der Waals surface area contributed by atoms with Crippen molar-refractivity contribution in [1.29, 1.82) is 0 Å². The molecule has 112 valence electrons. The van der Waals surface area contributed by atoms with E-state index < -0.39 is 0 Å². The van der Waals surface area contributed by atoms with Crippen LogP contribution in [0, 0.1) is 0 Å². The van der Waals surface area contributed by atoms with E-state index >= 15 is 0 Å². The number of fused-ring (bicyclic) bond motifs is 1. The Morgan fingerprint density at radius 2 is 2.00 bits per heavy atom. The Balaban J connectivity index is 1.86. The standard InChI is InChI=1S/C16H19Cl2N3/c17-5-9-20-7-1-8-21(11-10-20)16-4-6-19-15-12-13(18)2-3-14(15)16/h2-4,6,12H,1,5,7-11H2. The van der Waals surface area contributed by atoms with E-state index in [0.29, 0.717) is 5.88 Å². The molecule has 0 saturated carbocycles. The molecule has 1 aliphatic rings. The first kappa shape index (κ1) is 14.9. The second-order valence-corrected chi connectivity index (χ2v) is 6.18. The van der Waals surface area contributed by atoms with Crippen LogP contribution in [-0.2, 0) is 0 Å². The van der Waals surface area contributed by atoms with Crippen molar-refractivity contribution in [3.05, 3.63) is 35.5 Å². The summed E-state index contributed by atoms with van der Waals surface area (Å²) in [7, 11) is 0. The molecule has 0 amide bonds. The zero-order chi connectivity index (χ0) is 14.7. The van der Waals surface area contributed by atoms with Crippen LogP contribution in [0.3, 0.4) is 0 Å². The minimum atomic E-state index is 0.705. The van der Waals surface area contributed by atoms with Crippen molar-refractivity contribution in [2.24, 2.45) is 0 Å². The van der Waals surface area contributed by atoms with Gasteiger partial charge in [0.25, 0.3) is 0 Å². The Morgan fingerprint density at radius 3 is 2.86 bits per heavy atom. The van der Waals surface area contributed by atoms with E-state index in [-0.39, 0.29) is 0 Å². The number of hydrogen-bond acceptors (Lipinski definition) is 3. The van der Waals surface area contributed by atoms with Gasteiger partial charge in [0.2, 0.25) is 0 Å². The van der Waals surface area contributed by atoms with Crippen LogP contribution in [0.5, 0.6) is 0 Å². The highest BCUT2D eigenvalue weighted by atomic mass is 35.5. The molecule has 0 radical (unpaired) electrons. The van der Waals surface area contributed by atoms with Gasteiger partial charge in [0.05, 0.1) is 5.52 Å². The van der Waals surface area contributed by atoms with Crippen LogP contribution in [0.4, 0.5) is 5.69 Å². The van der Waals surface area contributed by atoms with Crippen molar-refractivity contribution < 1.29 is 0 Å². The number of hydrogen-bond donors (Lipinski definition) is 0. The topological polar surface area (TPSA) is 19.4 Å². The molecule has 0 spiro atoms. The van der Waals surface area contributed by atoms with Crippen molar-refractivity contribution in [3.63, 3.8) is 0 Å². The van der Waals surface area contributed by atoms with Gasteiger partial charge in [-0.05, 0) is 37.2 Å². The van der Waals surface area contributed by atoms with E-state index in [9.17, 15) is 0 Å². The number of aromatic nitrogens is 1. The fourth-order valence-electron chi connectivity index (χ4n) is 2.94. The van der Waals surface area contributed by atoms with E-state index in [2.05, 4.69) is 26.9 Å². The van der Waals surface area contributed by atoms with Gasteiger partial charge < -0.3 is 9.80 Å². The molecular formula is C16H19Cl2N3. The summed E-state index contributed by atoms with van der Waals surface area (Å²) in [5, 5.41) is 1.91. The molecule has 3 rings (SSSR count). The molecule has 0 bridgehead atoms. The molecule has 1 saturated heterocycles. The number of halogens is 2. The highest BCUT2D eigenvalue weighted by Gasteiger charge is 2.16. The lowest BCUT2D eigenvalue weighted by Crippen LogP contribution is -2.31. The largest absolute Gasteiger partial charge is 0.370 e. The average molecular weight is 324 g/mol. The van der Waals surface area contributed by atoms with Gasteiger partial charge >= 0.3 is 0 Å². The molecule has 1 aliphatic heterocycles. The van der Waals surface area contributed by atoms with Gasteiger partial charge in [-0.15, -0.1) is 11.6 Å². The number of pyridine rings is 1. The highest BCUT2D eigenvalue weighted by molar-refractivity contribution is 6.31. The molecule has 3 nitrogen and oxygen atoms in total. The van der Waals surface area contributed by atoms with Crippen molar-refractivity contribution in [3.8, 4) is 0 Å². The van der Waals surface area contributed by atoms with Gasteiger partial charge in [0.15, 0.2) is 0 Å². The van der Waals surface area contributed by atoms with Crippen LogP contribution in [-0.4, -0.2) is 48.5 Å². The molecule has 0 aliphatic carbocycles. The number of nitrogens with zero attached hydrogens (tertiary/aromatic N) is 3. The van der Waals surface area contributed by atoms with E-state index in [4.69, 9.17) is 23.2 Å². The summed E-state index contributed by atoms with van der Waals surface area (Å²) >= 11 is 11.9. The third-order valence-corrected chi connectivity index (χ3v) is 4.42. The fraction of sp³-hybridized carbons (Fsp3) is 0.438.